The molecule has 166 valence electrons. The summed E-state index contributed by atoms with van der Waals surface area (Å²) >= 11 is 0. The van der Waals surface area contributed by atoms with Gasteiger partial charge in [0.2, 0.25) is 0 Å². The molecule has 1 aromatic heterocycles. The molecule has 34 heavy (non-hydrogen) atoms. The minimum atomic E-state index is 0.681. The summed E-state index contributed by atoms with van der Waals surface area (Å²) in [6, 6.07) is 26.7. The van der Waals surface area contributed by atoms with Crippen LogP contribution in [0.2, 0.25) is 0 Å². The fourth-order valence-electron chi connectivity index (χ4n) is 4.70. The van der Waals surface area contributed by atoms with Crippen molar-refractivity contribution >= 4 is 0 Å². The molecular formula is C29H25N5. The highest BCUT2D eigenvalue weighted by Gasteiger charge is 2.20. The molecule has 0 saturated heterocycles. The second-order valence-electron chi connectivity index (χ2n) is 8.82. The highest BCUT2D eigenvalue weighted by atomic mass is 15.2. The lowest BCUT2D eigenvalue weighted by atomic mass is 9.91. The Hall–Kier alpha value is -4.19. The average Bonchev–Trinajstić information content (AvgIpc) is 3.31. The first-order valence-corrected chi connectivity index (χ1v) is 11.5. The number of aromatic nitrogens is 2. The van der Waals surface area contributed by atoms with Crippen LogP contribution in [0.25, 0.3) is 0 Å². The van der Waals surface area contributed by atoms with Crippen molar-refractivity contribution in [1.29, 1.82) is 10.5 Å². The molecule has 4 aromatic rings. The maximum absolute atomic E-state index is 9.03. The summed E-state index contributed by atoms with van der Waals surface area (Å²) in [5, 5.41) is 18.0. The van der Waals surface area contributed by atoms with Crippen molar-refractivity contribution in [2.45, 2.75) is 32.5 Å². The van der Waals surface area contributed by atoms with Crippen LogP contribution in [0.4, 0.5) is 0 Å². The van der Waals surface area contributed by atoms with Crippen molar-refractivity contribution in [1.82, 2.24) is 14.5 Å². The maximum atomic E-state index is 9.03. The summed E-state index contributed by atoms with van der Waals surface area (Å²) in [5.74, 6) is 0. The SMILES string of the molecule is N#Cc1ccc(Cc2cccc3c2CCN(Cc2cncn2Cc2ccc(C#N)cc2)C3)cc1. The predicted octanol–water partition coefficient (Wildman–Crippen LogP) is 4.82. The van der Waals surface area contributed by atoms with E-state index in [-0.39, 0.29) is 0 Å². The van der Waals surface area contributed by atoms with E-state index in [0.717, 1.165) is 44.6 Å². The number of fused-ring (bicyclic) bond motifs is 1. The van der Waals surface area contributed by atoms with Crippen molar-refractivity contribution in [3.8, 4) is 12.1 Å². The third-order valence-corrected chi connectivity index (χ3v) is 6.54. The van der Waals surface area contributed by atoms with Gasteiger partial charge in [0.1, 0.15) is 0 Å². The third-order valence-electron chi connectivity index (χ3n) is 6.54. The van der Waals surface area contributed by atoms with Gasteiger partial charge in [-0.25, -0.2) is 4.98 Å². The van der Waals surface area contributed by atoms with Crippen LogP contribution in [0, 0.1) is 22.7 Å². The summed E-state index contributed by atoms with van der Waals surface area (Å²) in [6.07, 6.45) is 5.78. The molecule has 5 heteroatoms. The first-order chi connectivity index (χ1) is 16.7. The molecule has 0 saturated carbocycles. The lowest BCUT2D eigenvalue weighted by Crippen LogP contribution is -2.31. The van der Waals surface area contributed by atoms with Crippen LogP contribution in [0.5, 0.6) is 0 Å². The highest BCUT2D eigenvalue weighted by molar-refractivity contribution is 5.41. The highest BCUT2D eigenvalue weighted by Crippen LogP contribution is 2.26. The van der Waals surface area contributed by atoms with Crippen molar-refractivity contribution in [2.24, 2.45) is 0 Å². The van der Waals surface area contributed by atoms with E-state index in [2.05, 4.69) is 56.9 Å². The largest absolute Gasteiger partial charge is 0.329 e. The van der Waals surface area contributed by atoms with Crippen LogP contribution in [0.1, 0.15) is 44.6 Å². The molecule has 0 amide bonds. The van der Waals surface area contributed by atoms with E-state index in [4.69, 9.17) is 10.5 Å². The Morgan fingerprint density at radius 1 is 0.824 bits per heavy atom. The second-order valence-corrected chi connectivity index (χ2v) is 8.82. The zero-order valence-corrected chi connectivity index (χ0v) is 19.0. The first-order valence-electron chi connectivity index (χ1n) is 11.5. The van der Waals surface area contributed by atoms with E-state index < -0.39 is 0 Å². The molecule has 2 heterocycles. The zero-order chi connectivity index (χ0) is 23.3. The molecule has 1 aliphatic rings. The molecule has 0 spiro atoms. The van der Waals surface area contributed by atoms with Crippen molar-refractivity contribution < 1.29 is 0 Å². The molecule has 0 N–H and O–H groups in total. The summed E-state index contributed by atoms with van der Waals surface area (Å²) in [4.78, 5) is 6.89. The Morgan fingerprint density at radius 2 is 1.53 bits per heavy atom. The molecule has 5 nitrogen and oxygen atoms in total. The minimum absolute atomic E-state index is 0.681. The molecule has 3 aromatic carbocycles. The van der Waals surface area contributed by atoms with Crippen molar-refractivity contribution in [3.63, 3.8) is 0 Å². The molecule has 0 bridgehead atoms. The molecular weight excluding hydrogens is 418 g/mol. The van der Waals surface area contributed by atoms with Crippen LogP contribution in [-0.2, 0) is 32.5 Å². The van der Waals surface area contributed by atoms with Crippen molar-refractivity contribution in [3.05, 3.63) is 124 Å². The summed E-state index contributed by atoms with van der Waals surface area (Å²) in [7, 11) is 0. The van der Waals surface area contributed by atoms with E-state index >= 15 is 0 Å². The standard InChI is InChI=1S/C29H25N5/c30-15-23-6-4-22(5-7-23)14-26-2-1-3-27-19-33(13-12-29(26)27)20-28-17-32-21-34(28)18-25-10-8-24(16-31)9-11-25/h1-11,17,21H,12-14,18-20H2. The topological polar surface area (TPSA) is 68.6 Å². The van der Waals surface area contributed by atoms with Gasteiger partial charge in [0.05, 0.1) is 35.3 Å². The van der Waals surface area contributed by atoms with Crippen LogP contribution >= 0.6 is 0 Å². The van der Waals surface area contributed by atoms with Gasteiger partial charge in [-0.15, -0.1) is 0 Å². The van der Waals surface area contributed by atoms with Gasteiger partial charge in [0, 0.05) is 32.4 Å². The van der Waals surface area contributed by atoms with Crippen LogP contribution < -0.4 is 0 Å². The molecule has 0 aliphatic carbocycles. The Labute approximate surface area is 200 Å². The Balaban J connectivity index is 1.27. The molecule has 0 unspecified atom stereocenters. The van der Waals surface area contributed by atoms with Gasteiger partial charge >= 0.3 is 0 Å². The normalized spacial score (nSPS) is 13.1. The van der Waals surface area contributed by atoms with E-state index in [0.29, 0.717) is 11.1 Å². The molecule has 0 atom stereocenters. The number of benzene rings is 3. The third kappa shape index (κ3) is 4.76. The second kappa shape index (κ2) is 9.75. The maximum Gasteiger partial charge on any atom is 0.0991 e. The number of nitriles is 2. The van der Waals surface area contributed by atoms with E-state index in [9.17, 15) is 0 Å². The quantitative estimate of drug-likeness (QED) is 0.428. The fourth-order valence-corrected chi connectivity index (χ4v) is 4.70. The fraction of sp³-hybridized carbons (Fsp3) is 0.207. The van der Waals surface area contributed by atoms with E-state index in [1.54, 1.807) is 0 Å². The molecule has 0 radical (unpaired) electrons. The molecule has 0 fully saturated rings. The lowest BCUT2D eigenvalue weighted by molar-refractivity contribution is 0.239. The van der Waals surface area contributed by atoms with Gasteiger partial charge < -0.3 is 4.57 Å². The number of imidazole rings is 1. The Kier molecular flexibility index (Phi) is 6.21. The summed E-state index contributed by atoms with van der Waals surface area (Å²) < 4.78 is 2.19. The van der Waals surface area contributed by atoms with Crippen molar-refractivity contribution in [2.75, 3.05) is 6.54 Å². The van der Waals surface area contributed by atoms with Gasteiger partial charge in [0.15, 0.2) is 0 Å². The Bertz CT molecular complexity index is 1370. The van der Waals surface area contributed by atoms with Crippen LogP contribution in [0.3, 0.4) is 0 Å². The number of hydrogen-bond acceptors (Lipinski definition) is 4. The van der Waals surface area contributed by atoms with Gasteiger partial charge in [-0.1, -0.05) is 42.5 Å². The molecule has 5 rings (SSSR count). The predicted molar refractivity (Wildman–Crippen MR) is 131 cm³/mol. The minimum Gasteiger partial charge on any atom is -0.329 e. The number of nitrogens with zero attached hydrogens (tertiary/aromatic N) is 5. The number of rotatable bonds is 6. The van der Waals surface area contributed by atoms with Gasteiger partial charge in [-0.2, -0.15) is 10.5 Å². The van der Waals surface area contributed by atoms with E-state index in [1.165, 1.54) is 27.9 Å². The van der Waals surface area contributed by atoms with E-state index in [1.807, 2.05) is 48.9 Å². The summed E-state index contributed by atoms with van der Waals surface area (Å²) in [5.41, 5.74) is 9.23. The average molecular weight is 444 g/mol. The lowest BCUT2D eigenvalue weighted by Gasteiger charge is -2.30. The zero-order valence-electron chi connectivity index (χ0n) is 19.0. The van der Waals surface area contributed by atoms with Gasteiger partial charge in [-0.3, -0.25) is 4.90 Å². The van der Waals surface area contributed by atoms with Gasteiger partial charge in [0.25, 0.3) is 0 Å². The smallest absolute Gasteiger partial charge is 0.0991 e. The first kappa shape index (κ1) is 21.6. The Morgan fingerprint density at radius 3 is 2.24 bits per heavy atom. The summed E-state index contributed by atoms with van der Waals surface area (Å²) in [6.45, 7) is 3.55. The van der Waals surface area contributed by atoms with Crippen LogP contribution in [-0.4, -0.2) is 21.0 Å². The monoisotopic (exact) mass is 443 g/mol. The molecule has 1 aliphatic heterocycles. The van der Waals surface area contributed by atoms with Gasteiger partial charge in [-0.05, 0) is 64.9 Å². The number of hydrogen-bond donors (Lipinski definition) is 0. The van der Waals surface area contributed by atoms with Crippen LogP contribution in [0.15, 0.2) is 79.3 Å².